The number of esters is 1. The first-order valence-electron chi connectivity index (χ1n) is 8.87. The lowest BCUT2D eigenvalue weighted by molar-refractivity contribution is 0.0527. The van der Waals surface area contributed by atoms with E-state index in [4.69, 9.17) is 9.47 Å². The van der Waals surface area contributed by atoms with E-state index >= 15 is 0 Å². The molecule has 3 rings (SSSR count). The molecule has 1 aromatic heterocycles. The summed E-state index contributed by atoms with van der Waals surface area (Å²) < 4.78 is 24.2. The van der Waals surface area contributed by atoms with Gasteiger partial charge in [-0.3, -0.25) is 4.98 Å². The fraction of sp³-hybridized carbons (Fsp3) is 0.182. The zero-order valence-corrected chi connectivity index (χ0v) is 16.0. The topological polar surface area (TPSA) is 60.5 Å². The highest BCUT2D eigenvalue weighted by atomic mass is 19.1. The normalized spacial score (nSPS) is 10.4. The van der Waals surface area contributed by atoms with Crippen molar-refractivity contribution in [2.75, 3.05) is 26.1 Å². The number of benzene rings is 2. The second kappa shape index (κ2) is 8.52. The molecule has 1 heterocycles. The average molecular weight is 380 g/mol. The molecule has 0 aliphatic heterocycles. The number of anilines is 1. The molecule has 0 unspecified atom stereocenters. The van der Waals surface area contributed by atoms with Gasteiger partial charge in [0.05, 0.1) is 25.0 Å². The maximum atomic E-state index is 13.9. The Hall–Kier alpha value is -3.41. The van der Waals surface area contributed by atoms with Gasteiger partial charge in [-0.2, -0.15) is 0 Å². The molecule has 0 amide bonds. The molecule has 0 bridgehead atoms. The van der Waals surface area contributed by atoms with Crippen LogP contribution in [0.3, 0.4) is 0 Å². The molecule has 1 N–H and O–H groups in total. The van der Waals surface area contributed by atoms with E-state index < -0.39 is 11.8 Å². The van der Waals surface area contributed by atoms with E-state index in [0.29, 0.717) is 22.4 Å². The molecular formula is C22H21FN2O3. The van der Waals surface area contributed by atoms with Gasteiger partial charge >= 0.3 is 5.97 Å². The summed E-state index contributed by atoms with van der Waals surface area (Å²) in [5.41, 5.74) is 3.87. The van der Waals surface area contributed by atoms with Crippen LogP contribution >= 0.6 is 0 Å². The van der Waals surface area contributed by atoms with Gasteiger partial charge in [0.25, 0.3) is 0 Å². The van der Waals surface area contributed by atoms with Crippen molar-refractivity contribution in [3.05, 3.63) is 66.1 Å². The number of nitrogens with zero attached hydrogens (tertiary/aromatic N) is 1. The van der Waals surface area contributed by atoms with Crippen molar-refractivity contribution in [3.8, 4) is 28.1 Å². The summed E-state index contributed by atoms with van der Waals surface area (Å²) in [6.07, 6.45) is 1.65. The summed E-state index contributed by atoms with van der Waals surface area (Å²) in [5.74, 6) is -0.741. The van der Waals surface area contributed by atoms with Gasteiger partial charge in [-0.1, -0.05) is 12.1 Å². The Morgan fingerprint density at radius 1 is 1.18 bits per heavy atom. The lowest BCUT2D eigenvalue weighted by Crippen LogP contribution is -2.08. The first kappa shape index (κ1) is 19.4. The first-order chi connectivity index (χ1) is 13.6. The number of ether oxygens (including phenoxy) is 2. The molecule has 144 valence electrons. The monoisotopic (exact) mass is 380 g/mol. The van der Waals surface area contributed by atoms with Crippen LogP contribution in [0.2, 0.25) is 0 Å². The second-order valence-corrected chi connectivity index (χ2v) is 5.95. The maximum Gasteiger partial charge on any atom is 0.338 e. The molecule has 0 saturated carbocycles. The molecule has 28 heavy (non-hydrogen) atoms. The predicted molar refractivity (Wildman–Crippen MR) is 107 cm³/mol. The molecule has 5 nitrogen and oxygen atoms in total. The number of hydrogen-bond donors (Lipinski definition) is 1. The summed E-state index contributed by atoms with van der Waals surface area (Å²) in [4.78, 5) is 17.1. The van der Waals surface area contributed by atoms with Gasteiger partial charge in [0, 0.05) is 35.6 Å². The van der Waals surface area contributed by atoms with Gasteiger partial charge in [0.2, 0.25) is 0 Å². The van der Waals surface area contributed by atoms with Crippen LogP contribution in [0.25, 0.3) is 22.4 Å². The van der Waals surface area contributed by atoms with Crippen LogP contribution in [0.15, 0.2) is 54.7 Å². The summed E-state index contributed by atoms with van der Waals surface area (Å²) in [5, 5.41) is 3.12. The molecule has 0 fully saturated rings. The first-order valence-corrected chi connectivity index (χ1v) is 8.87. The number of hydrogen-bond acceptors (Lipinski definition) is 5. The van der Waals surface area contributed by atoms with E-state index in [1.165, 1.54) is 13.2 Å². The molecule has 0 radical (unpaired) electrons. The molecule has 0 atom stereocenters. The van der Waals surface area contributed by atoms with E-state index in [2.05, 4.69) is 10.3 Å². The molecule has 0 spiro atoms. The van der Waals surface area contributed by atoms with E-state index in [1.54, 1.807) is 50.5 Å². The van der Waals surface area contributed by atoms with E-state index in [1.807, 2.05) is 12.1 Å². The molecule has 6 heteroatoms. The van der Waals surface area contributed by atoms with Crippen molar-refractivity contribution < 1.29 is 18.7 Å². The Balaban J connectivity index is 2.26. The Labute approximate surface area is 163 Å². The van der Waals surface area contributed by atoms with Crippen LogP contribution in [0.4, 0.5) is 10.1 Å². The van der Waals surface area contributed by atoms with Gasteiger partial charge in [0.1, 0.15) is 0 Å². The van der Waals surface area contributed by atoms with Crippen molar-refractivity contribution in [1.82, 2.24) is 4.98 Å². The summed E-state index contributed by atoms with van der Waals surface area (Å²) in [7, 11) is 3.20. The van der Waals surface area contributed by atoms with Gasteiger partial charge in [-0.25, -0.2) is 9.18 Å². The predicted octanol–water partition coefficient (Wildman–Crippen LogP) is 4.78. The molecule has 0 aliphatic carbocycles. The number of aromatic nitrogens is 1. The van der Waals surface area contributed by atoms with Crippen molar-refractivity contribution >= 4 is 11.7 Å². The Kier molecular flexibility index (Phi) is 5.89. The van der Waals surface area contributed by atoms with Crippen LogP contribution in [0, 0.1) is 5.82 Å². The van der Waals surface area contributed by atoms with Gasteiger partial charge in [0.15, 0.2) is 11.6 Å². The van der Waals surface area contributed by atoms with E-state index in [0.717, 1.165) is 11.3 Å². The average Bonchev–Trinajstić information content (AvgIpc) is 2.73. The summed E-state index contributed by atoms with van der Waals surface area (Å²) in [6, 6.07) is 13.6. The van der Waals surface area contributed by atoms with E-state index in [-0.39, 0.29) is 12.4 Å². The minimum Gasteiger partial charge on any atom is -0.494 e. The highest BCUT2D eigenvalue weighted by molar-refractivity contribution is 6.03. The van der Waals surface area contributed by atoms with Crippen molar-refractivity contribution in [1.29, 1.82) is 0 Å². The number of halogens is 1. The van der Waals surface area contributed by atoms with Crippen LogP contribution < -0.4 is 10.1 Å². The molecule has 0 saturated heterocycles. The number of nitrogens with one attached hydrogen (secondary N) is 1. The quantitative estimate of drug-likeness (QED) is 0.624. The summed E-state index contributed by atoms with van der Waals surface area (Å²) >= 11 is 0. The lowest BCUT2D eigenvalue weighted by Gasteiger charge is -2.17. The van der Waals surface area contributed by atoms with Gasteiger partial charge in [-0.15, -0.1) is 0 Å². The SMILES string of the molecule is CCOC(=O)c1cccc(NC)c1-c1cccnc1-c1ccc(F)c(OC)c1. The van der Waals surface area contributed by atoms with Gasteiger partial charge < -0.3 is 14.8 Å². The van der Waals surface area contributed by atoms with Crippen LogP contribution in [0.1, 0.15) is 17.3 Å². The molecule has 3 aromatic rings. The second-order valence-electron chi connectivity index (χ2n) is 5.95. The Morgan fingerprint density at radius 3 is 2.71 bits per heavy atom. The van der Waals surface area contributed by atoms with Crippen molar-refractivity contribution in [2.24, 2.45) is 0 Å². The number of carbonyl (C=O) groups excluding carboxylic acids is 1. The number of pyridine rings is 1. The van der Waals surface area contributed by atoms with Crippen LogP contribution in [0.5, 0.6) is 5.75 Å². The third-order valence-corrected chi connectivity index (χ3v) is 4.33. The standard InChI is InChI=1S/C22H21FN2O3/c1-4-28-22(26)16-7-5-9-18(24-2)20(16)15-8-6-12-25-21(15)14-10-11-17(23)19(13-14)27-3/h5-13,24H,4H2,1-3H3. The smallest absolute Gasteiger partial charge is 0.338 e. The minimum absolute atomic E-state index is 0.127. The third-order valence-electron chi connectivity index (χ3n) is 4.33. The molecule has 0 aliphatic rings. The largest absolute Gasteiger partial charge is 0.494 e. The zero-order valence-electron chi connectivity index (χ0n) is 16.0. The van der Waals surface area contributed by atoms with Crippen molar-refractivity contribution in [2.45, 2.75) is 6.92 Å². The molecular weight excluding hydrogens is 359 g/mol. The third kappa shape index (κ3) is 3.67. The molecule has 2 aromatic carbocycles. The minimum atomic E-state index is -0.452. The lowest BCUT2D eigenvalue weighted by atomic mass is 9.93. The van der Waals surface area contributed by atoms with Crippen molar-refractivity contribution in [3.63, 3.8) is 0 Å². The van der Waals surface area contributed by atoms with Gasteiger partial charge in [-0.05, 0) is 43.3 Å². The maximum absolute atomic E-state index is 13.9. The zero-order chi connectivity index (χ0) is 20.1. The fourth-order valence-corrected chi connectivity index (χ4v) is 3.07. The number of carbonyl (C=O) groups is 1. The highest BCUT2D eigenvalue weighted by Crippen LogP contribution is 2.38. The van der Waals surface area contributed by atoms with E-state index in [9.17, 15) is 9.18 Å². The number of methoxy groups -OCH3 is 1. The Bertz CT molecular complexity index is 1000. The number of rotatable bonds is 6. The summed E-state index contributed by atoms with van der Waals surface area (Å²) in [6.45, 7) is 2.04. The highest BCUT2D eigenvalue weighted by Gasteiger charge is 2.21. The Morgan fingerprint density at radius 2 is 2.00 bits per heavy atom. The van der Waals surface area contributed by atoms with Crippen LogP contribution in [-0.2, 0) is 4.74 Å². The fourth-order valence-electron chi connectivity index (χ4n) is 3.07. The van der Waals surface area contributed by atoms with Crippen LogP contribution in [-0.4, -0.2) is 31.7 Å².